The molecular weight excluding hydrogens is 358 g/mol. The molecule has 0 fully saturated rings. The van der Waals surface area contributed by atoms with Gasteiger partial charge in [-0.15, -0.1) is 0 Å². The number of benzene rings is 1. The van der Waals surface area contributed by atoms with Gasteiger partial charge in [-0.25, -0.2) is 9.86 Å². The Balaban J connectivity index is 2.39. The molecule has 0 bridgehead atoms. The molecule has 10 heteroatoms. The van der Waals surface area contributed by atoms with Crippen molar-refractivity contribution in [1.82, 2.24) is 10.4 Å². The van der Waals surface area contributed by atoms with E-state index in [1.807, 2.05) is 12.1 Å². The van der Waals surface area contributed by atoms with Crippen molar-refractivity contribution in [3.05, 3.63) is 29.8 Å². The van der Waals surface area contributed by atoms with Crippen LogP contribution in [0.15, 0.2) is 24.3 Å². The van der Waals surface area contributed by atoms with Gasteiger partial charge in [0.2, 0.25) is 11.8 Å². The number of rotatable bonds is 11. The first-order valence-corrected chi connectivity index (χ1v) is 8.26. The summed E-state index contributed by atoms with van der Waals surface area (Å²) < 4.78 is 0. The molecule has 1 unspecified atom stereocenters. The first kappa shape index (κ1) is 21.9. The number of carbonyl (C=O) groups excluding carboxylic acids is 2. The minimum absolute atomic E-state index is 0.00443. The van der Waals surface area contributed by atoms with Crippen molar-refractivity contribution in [3.8, 4) is 0 Å². The Labute approximate surface area is 155 Å². The Morgan fingerprint density at radius 1 is 1.07 bits per heavy atom. The summed E-state index contributed by atoms with van der Waals surface area (Å²) in [5.74, 6) is -4.18. The zero-order chi connectivity index (χ0) is 20.4. The van der Waals surface area contributed by atoms with Crippen molar-refractivity contribution < 1.29 is 34.6 Å². The molecule has 0 radical (unpaired) electrons. The Kier molecular flexibility index (Phi) is 8.73. The number of amides is 2. The van der Waals surface area contributed by atoms with Crippen LogP contribution < -0.4 is 11.1 Å². The van der Waals surface area contributed by atoms with Crippen LogP contribution in [0.4, 0.5) is 5.69 Å². The van der Waals surface area contributed by atoms with Crippen LogP contribution in [-0.4, -0.2) is 56.8 Å². The van der Waals surface area contributed by atoms with Gasteiger partial charge in [0.15, 0.2) is 0 Å². The van der Waals surface area contributed by atoms with Gasteiger partial charge >= 0.3 is 11.9 Å². The number of carboxylic acids is 2. The molecule has 148 valence electrons. The second kappa shape index (κ2) is 10.8. The highest BCUT2D eigenvalue weighted by Gasteiger charge is 2.23. The third kappa shape index (κ3) is 8.68. The molecule has 1 aromatic rings. The molecule has 0 spiro atoms. The largest absolute Gasteiger partial charge is 0.481 e. The lowest BCUT2D eigenvalue weighted by Crippen LogP contribution is -2.46. The maximum atomic E-state index is 11.8. The van der Waals surface area contributed by atoms with Crippen LogP contribution in [0.5, 0.6) is 0 Å². The maximum absolute atomic E-state index is 11.8. The average molecular weight is 381 g/mol. The number of hydroxylamine groups is 2. The van der Waals surface area contributed by atoms with Gasteiger partial charge in [-0.05, 0) is 37.0 Å². The van der Waals surface area contributed by atoms with Gasteiger partial charge in [0.1, 0.15) is 12.6 Å². The van der Waals surface area contributed by atoms with Crippen LogP contribution >= 0.6 is 0 Å². The number of nitrogen functional groups attached to an aromatic ring is 1. The molecule has 27 heavy (non-hydrogen) atoms. The highest BCUT2D eigenvalue weighted by Crippen LogP contribution is 2.09. The molecule has 0 heterocycles. The summed E-state index contributed by atoms with van der Waals surface area (Å²) in [6.07, 6.45) is 0.275. The van der Waals surface area contributed by atoms with Crippen LogP contribution in [0.3, 0.4) is 0 Å². The van der Waals surface area contributed by atoms with E-state index in [2.05, 4.69) is 5.32 Å². The summed E-state index contributed by atoms with van der Waals surface area (Å²) in [5.41, 5.74) is 7.18. The van der Waals surface area contributed by atoms with E-state index >= 15 is 0 Å². The Hall–Kier alpha value is -3.14. The fourth-order valence-corrected chi connectivity index (χ4v) is 2.25. The van der Waals surface area contributed by atoms with Crippen LogP contribution in [-0.2, 0) is 25.6 Å². The Morgan fingerprint density at radius 2 is 1.70 bits per heavy atom. The van der Waals surface area contributed by atoms with Crippen molar-refractivity contribution >= 4 is 29.4 Å². The predicted octanol–water partition coefficient (Wildman–Crippen LogP) is 0.244. The zero-order valence-electron chi connectivity index (χ0n) is 14.6. The smallest absolute Gasteiger partial charge is 0.326 e. The minimum atomic E-state index is -1.41. The van der Waals surface area contributed by atoms with Gasteiger partial charge in [0.25, 0.3) is 0 Å². The molecule has 6 N–H and O–H groups in total. The van der Waals surface area contributed by atoms with Crippen LogP contribution in [0.25, 0.3) is 0 Å². The molecule has 0 aliphatic heterocycles. The SMILES string of the molecule is Nc1ccc(CCCC(=O)N(O)CC(=O)NC(CCC(=O)O)C(=O)O)cc1. The van der Waals surface area contributed by atoms with E-state index in [1.165, 1.54) is 0 Å². The third-order valence-corrected chi connectivity index (χ3v) is 3.70. The molecule has 2 amide bonds. The number of aryl methyl sites for hydroxylation is 1. The summed E-state index contributed by atoms with van der Waals surface area (Å²) in [6, 6.07) is 5.72. The van der Waals surface area contributed by atoms with Crippen molar-refractivity contribution in [2.24, 2.45) is 0 Å². The number of hydrogen-bond donors (Lipinski definition) is 5. The van der Waals surface area contributed by atoms with E-state index in [1.54, 1.807) is 12.1 Å². The Morgan fingerprint density at radius 3 is 2.26 bits per heavy atom. The zero-order valence-corrected chi connectivity index (χ0v) is 14.6. The molecule has 0 aliphatic carbocycles. The van der Waals surface area contributed by atoms with Crippen molar-refractivity contribution in [2.75, 3.05) is 12.3 Å². The number of carbonyl (C=O) groups is 4. The maximum Gasteiger partial charge on any atom is 0.326 e. The number of carboxylic acid groups (broad SMARTS) is 2. The molecule has 10 nitrogen and oxygen atoms in total. The van der Waals surface area contributed by atoms with Gasteiger partial charge < -0.3 is 21.3 Å². The third-order valence-electron chi connectivity index (χ3n) is 3.70. The van der Waals surface area contributed by atoms with Crippen LogP contribution in [0.1, 0.15) is 31.2 Å². The van der Waals surface area contributed by atoms with E-state index in [0.29, 0.717) is 18.5 Å². The van der Waals surface area contributed by atoms with Gasteiger partial charge in [-0.1, -0.05) is 12.1 Å². The lowest BCUT2D eigenvalue weighted by atomic mass is 10.1. The number of nitrogens with one attached hydrogen (secondary N) is 1. The number of nitrogens with zero attached hydrogens (tertiary/aromatic N) is 1. The fourth-order valence-electron chi connectivity index (χ4n) is 2.25. The van der Waals surface area contributed by atoms with Crippen molar-refractivity contribution in [3.63, 3.8) is 0 Å². The highest BCUT2D eigenvalue weighted by atomic mass is 16.5. The van der Waals surface area contributed by atoms with E-state index in [9.17, 15) is 24.4 Å². The normalized spacial score (nSPS) is 11.4. The second-order valence-electron chi connectivity index (χ2n) is 5.94. The minimum Gasteiger partial charge on any atom is -0.481 e. The van der Waals surface area contributed by atoms with Crippen LogP contribution in [0.2, 0.25) is 0 Å². The van der Waals surface area contributed by atoms with Gasteiger partial charge in [-0.2, -0.15) is 0 Å². The molecule has 1 atom stereocenters. The number of anilines is 1. The van der Waals surface area contributed by atoms with Crippen molar-refractivity contribution in [2.45, 2.75) is 38.1 Å². The monoisotopic (exact) mass is 381 g/mol. The summed E-state index contributed by atoms with van der Waals surface area (Å²) in [5, 5.41) is 29.5. The standard InChI is InChI=1S/C17H23N3O7/c18-12-6-4-11(5-7-12)2-1-3-15(22)20(27)10-14(21)19-13(17(25)26)8-9-16(23)24/h4-7,13,27H,1-3,8-10,18H2,(H,19,21)(H,23,24)(H,25,26). The van der Waals surface area contributed by atoms with E-state index in [0.717, 1.165) is 5.56 Å². The topological polar surface area (TPSA) is 170 Å². The lowest BCUT2D eigenvalue weighted by molar-refractivity contribution is -0.169. The molecule has 1 aromatic carbocycles. The molecule has 0 saturated carbocycles. The van der Waals surface area contributed by atoms with Crippen LogP contribution in [0, 0.1) is 0 Å². The summed E-state index contributed by atoms with van der Waals surface area (Å²) >= 11 is 0. The summed E-state index contributed by atoms with van der Waals surface area (Å²) in [7, 11) is 0. The number of aliphatic carboxylic acids is 2. The predicted molar refractivity (Wildman–Crippen MR) is 93.7 cm³/mol. The second-order valence-corrected chi connectivity index (χ2v) is 5.94. The molecular formula is C17H23N3O7. The van der Waals surface area contributed by atoms with Gasteiger partial charge in [-0.3, -0.25) is 19.6 Å². The first-order valence-electron chi connectivity index (χ1n) is 8.26. The number of nitrogens with two attached hydrogens (primary N) is 1. The van der Waals surface area contributed by atoms with E-state index < -0.39 is 42.8 Å². The summed E-state index contributed by atoms with van der Waals surface area (Å²) in [6.45, 7) is -0.739. The fraction of sp³-hybridized carbons (Fsp3) is 0.412. The summed E-state index contributed by atoms with van der Waals surface area (Å²) in [4.78, 5) is 45.1. The lowest BCUT2D eigenvalue weighted by Gasteiger charge is -2.17. The van der Waals surface area contributed by atoms with E-state index in [-0.39, 0.29) is 17.9 Å². The first-order chi connectivity index (χ1) is 12.7. The average Bonchev–Trinajstić information content (AvgIpc) is 2.59. The van der Waals surface area contributed by atoms with Gasteiger partial charge in [0, 0.05) is 18.5 Å². The van der Waals surface area contributed by atoms with E-state index in [4.69, 9.17) is 15.9 Å². The molecule has 1 rings (SSSR count). The molecule has 0 aliphatic rings. The Bertz CT molecular complexity index is 676. The molecule has 0 aromatic heterocycles. The quantitative estimate of drug-likeness (QED) is 0.206. The van der Waals surface area contributed by atoms with Crippen molar-refractivity contribution in [1.29, 1.82) is 0 Å². The molecule has 0 saturated heterocycles. The van der Waals surface area contributed by atoms with Gasteiger partial charge in [0.05, 0.1) is 0 Å². The highest BCUT2D eigenvalue weighted by molar-refractivity contribution is 5.87. The number of hydrogen-bond acceptors (Lipinski definition) is 6.